The quantitative estimate of drug-likeness (QED) is 0.401. The minimum absolute atomic E-state index is 1.14. The zero-order valence-electron chi connectivity index (χ0n) is 7.14. The summed E-state index contributed by atoms with van der Waals surface area (Å²) in [4.78, 5) is 0. The largest absolute Gasteiger partial charge is 0.0848 e. The van der Waals surface area contributed by atoms with Crippen LogP contribution in [0, 0.1) is 0 Å². The molecular weight excluding hydrogens is 120 g/mol. The first-order valence-corrected chi connectivity index (χ1v) is 4.23. The Morgan fingerprint density at radius 3 is 2.30 bits per heavy atom. The number of unbranched alkanes of at least 4 members (excludes halogenated alkanes) is 2. The molecular formula is C10H18. The molecule has 0 atom stereocenters. The van der Waals surface area contributed by atoms with Crippen LogP contribution in [-0.4, -0.2) is 0 Å². The normalized spacial score (nSPS) is 11.8. The van der Waals surface area contributed by atoms with Crippen LogP contribution in [0.2, 0.25) is 0 Å². The Kier molecular flexibility index (Phi) is 8.04. The van der Waals surface area contributed by atoms with E-state index < -0.39 is 0 Å². The van der Waals surface area contributed by atoms with Crippen LogP contribution in [0.3, 0.4) is 0 Å². The van der Waals surface area contributed by atoms with E-state index in [9.17, 15) is 0 Å². The molecule has 0 heterocycles. The Labute approximate surface area is 64.6 Å². The highest BCUT2D eigenvalue weighted by atomic mass is 13.8. The lowest BCUT2D eigenvalue weighted by Gasteiger charge is -1.85. The standard InChI is InChI=1S/C10H18/c1-3-5-7-9-10-8-6-4-2/h5,7,9-10H,3-4,6,8H2,1-2H3. The third-order valence-corrected chi connectivity index (χ3v) is 1.34. The predicted molar refractivity (Wildman–Crippen MR) is 48.1 cm³/mol. The van der Waals surface area contributed by atoms with Gasteiger partial charge in [0.25, 0.3) is 0 Å². The van der Waals surface area contributed by atoms with Gasteiger partial charge in [-0.15, -0.1) is 0 Å². The first kappa shape index (κ1) is 9.48. The van der Waals surface area contributed by atoms with E-state index in [1.807, 2.05) is 0 Å². The van der Waals surface area contributed by atoms with Crippen molar-refractivity contribution < 1.29 is 0 Å². The predicted octanol–water partition coefficient (Wildman–Crippen LogP) is 3.70. The van der Waals surface area contributed by atoms with Crippen LogP contribution in [-0.2, 0) is 0 Å². The lowest BCUT2D eigenvalue weighted by molar-refractivity contribution is 0.815. The van der Waals surface area contributed by atoms with Gasteiger partial charge in [-0.3, -0.25) is 0 Å². The van der Waals surface area contributed by atoms with E-state index >= 15 is 0 Å². The summed E-state index contributed by atoms with van der Waals surface area (Å²) in [6, 6.07) is 0. The van der Waals surface area contributed by atoms with Gasteiger partial charge in [-0.1, -0.05) is 51.0 Å². The molecule has 0 radical (unpaired) electrons. The van der Waals surface area contributed by atoms with Crippen molar-refractivity contribution >= 4 is 0 Å². The molecule has 0 aromatic rings. The number of allylic oxidation sites excluding steroid dienone is 4. The van der Waals surface area contributed by atoms with Crippen molar-refractivity contribution in [2.24, 2.45) is 0 Å². The Morgan fingerprint density at radius 1 is 1.00 bits per heavy atom. The highest BCUT2D eigenvalue weighted by Gasteiger charge is 1.74. The van der Waals surface area contributed by atoms with Crippen LogP contribution in [0.1, 0.15) is 39.5 Å². The number of rotatable bonds is 5. The van der Waals surface area contributed by atoms with Crippen molar-refractivity contribution in [3.8, 4) is 0 Å². The van der Waals surface area contributed by atoms with E-state index in [0.717, 1.165) is 6.42 Å². The Balaban J connectivity index is 3.11. The maximum absolute atomic E-state index is 2.23. The monoisotopic (exact) mass is 138 g/mol. The second-order valence-electron chi connectivity index (χ2n) is 2.41. The molecule has 0 saturated heterocycles. The van der Waals surface area contributed by atoms with Crippen LogP contribution in [0.4, 0.5) is 0 Å². The molecule has 0 aliphatic rings. The summed E-state index contributed by atoms with van der Waals surface area (Å²) in [5.74, 6) is 0. The van der Waals surface area contributed by atoms with Crippen LogP contribution >= 0.6 is 0 Å². The van der Waals surface area contributed by atoms with Crippen molar-refractivity contribution in [1.82, 2.24) is 0 Å². The van der Waals surface area contributed by atoms with E-state index in [1.54, 1.807) is 0 Å². The molecule has 58 valence electrons. The Bertz CT molecular complexity index is 98.6. The van der Waals surface area contributed by atoms with Gasteiger partial charge in [-0.05, 0) is 12.8 Å². The van der Waals surface area contributed by atoms with Gasteiger partial charge in [0, 0.05) is 0 Å². The van der Waals surface area contributed by atoms with E-state index in [-0.39, 0.29) is 0 Å². The molecule has 0 nitrogen and oxygen atoms in total. The van der Waals surface area contributed by atoms with Crippen LogP contribution in [0.5, 0.6) is 0 Å². The molecule has 10 heavy (non-hydrogen) atoms. The van der Waals surface area contributed by atoms with Crippen molar-refractivity contribution in [3.05, 3.63) is 24.3 Å². The summed E-state index contributed by atoms with van der Waals surface area (Å²) in [6.45, 7) is 4.37. The summed E-state index contributed by atoms with van der Waals surface area (Å²) >= 11 is 0. The maximum atomic E-state index is 2.23. The third kappa shape index (κ3) is 7.48. The van der Waals surface area contributed by atoms with E-state index in [2.05, 4.69) is 38.2 Å². The minimum atomic E-state index is 1.14. The van der Waals surface area contributed by atoms with E-state index in [4.69, 9.17) is 0 Å². The van der Waals surface area contributed by atoms with Gasteiger partial charge in [-0.25, -0.2) is 0 Å². The van der Waals surface area contributed by atoms with E-state index in [1.165, 1.54) is 19.3 Å². The molecule has 0 unspecified atom stereocenters. The Hall–Kier alpha value is -0.520. The molecule has 0 amide bonds. The van der Waals surface area contributed by atoms with Crippen LogP contribution in [0.25, 0.3) is 0 Å². The molecule has 0 aliphatic carbocycles. The first-order chi connectivity index (χ1) is 4.91. The molecule has 0 fully saturated rings. The van der Waals surface area contributed by atoms with Gasteiger partial charge in [0.15, 0.2) is 0 Å². The molecule has 0 rings (SSSR count). The van der Waals surface area contributed by atoms with Gasteiger partial charge in [0.2, 0.25) is 0 Å². The molecule has 0 aliphatic heterocycles. The Morgan fingerprint density at radius 2 is 1.70 bits per heavy atom. The van der Waals surface area contributed by atoms with Gasteiger partial charge in [-0.2, -0.15) is 0 Å². The summed E-state index contributed by atoms with van der Waals surface area (Å²) in [7, 11) is 0. The molecule has 0 N–H and O–H groups in total. The molecule has 0 spiro atoms. The molecule has 0 aromatic heterocycles. The average molecular weight is 138 g/mol. The van der Waals surface area contributed by atoms with Crippen molar-refractivity contribution in [3.63, 3.8) is 0 Å². The van der Waals surface area contributed by atoms with Crippen LogP contribution in [0.15, 0.2) is 24.3 Å². The summed E-state index contributed by atoms with van der Waals surface area (Å²) < 4.78 is 0. The summed E-state index contributed by atoms with van der Waals surface area (Å²) in [5, 5.41) is 0. The topological polar surface area (TPSA) is 0 Å². The molecule has 0 heteroatoms. The van der Waals surface area contributed by atoms with Crippen molar-refractivity contribution in [1.29, 1.82) is 0 Å². The van der Waals surface area contributed by atoms with E-state index in [0.29, 0.717) is 0 Å². The zero-order valence-corrected chi connectivity index (χ0v) is 7.14. The molecule has 0 saturated carbocycles. The zero-order chi connectivity index (χ0) is 7.66. The highest BCUT2D eigenvalue weighted by molar-refractivity contribution is 5.01. The highest BCUT2D eigenvalue weighted by Crippen LogP contribution is 1.94. The summed E-state index contributed by atoms with van der Waals surface area (Å²) in [6.07, 6.45) is 13.6. The first-order valence-electron chi connectivity index (χ1n) is 4.23. The van der Waals surface area contributed by atoms with Crippen molar-refractivity contribution in [2.75, 3.05) is 0 Å². The van der Waals surface area contributed by atoms with Crippen molar-refractivity contribution in [2.45, 2.75) is 39.5 Å². The maximum Gasteiger partial charge on any atom is -0.0348 e. The van der Waals surface area contributed by atoms with Crippen LogP contribution < -0.4 is 0 Å². The molecule has 0 aromatic carbocycles. The second-order valence-corrected chi connectivity index (χ2v) is 2.41. The fourth-order valence-electron chi connectivity index (χ4n) is 0.711. The molecule has 0 bridgehead atoms. The number of hydrogen-bond acceptors (Lipinski definition) is 0. The third-order valence-electron chi connectivity index (χ3n) is 1.34. The van der Waals surface area contributed by atoms with Gasteiger partial charge in [0.1, 0.15) is 0 Å². The van der Waals surface area contributed by atoms with Gasteiger partial charge in [0.05, 0.1) is 0 Å². The second kappa shape index (κ2) is 8.48. The smallest absolute Gasteiger partial charge is 0.0348 e. The minimum Gasteiger partial charge on any atom is -0.0848 e. The summed E-state index contributed by atoms with van der Waals surface area (Å²) in [5.41, 5.74) is 0. The average Bonchev–Trinajstić information content (AvgIpc) is 1.97. The number of hydrogen-bond donors (Lipinski definition) is 0. The van der Waals surface area contributed by atoms with Gasteiger partial charge < -0.3 is 0 Å². The van der Waals surface area contributed by atoms with Gasteiger partial charge >= 0.3 is 0 Å². The lowest BCUT2D eigenvalue weighted by atomic mass is 10.2. The SMILES string of the molecule is CCC=CC=CCCCC. The fraction of sp³-hybridized carbons (Fsp3) is 0.600. The fourth-order valence-corrected chi connectivity index (χ4v) is 0.711. The lowest BCUT2D eigenvalue weighted by Crippen LogP contribution is -1.64.